The van der Waals surface area contributed by atoms with Gasteiger partial charge in [0.2, 0.25) is 0 Å². The van der Waals surface area contributed by atoms with Crippen molar-refractivity contribution in [2.45, 2.75) is 0 Å². The standard InChI is InChI=1S/C10H8N2O4/c1-15-10-12-11-8(16-10)6-2-4-7(5-3-6)9(13)14/h2-5H,1H3,(H,13,14). The lowest BCUT2D eigenvalue weighted by molar-refractivity contribution is 0.0697. The van der Waals surface area contributed by atoms with Crippen molar-refractivity contribution in [3.8, 4) is 17.5 Å². The first-order chi connectivity index (χ1) is 7.70. The number of ether oxygens (including phenoxy) is 1. The largest absolute Gasteiger partial charge is 0.478 e. The molecular formula is C10H8N2O4. The van der Waals surface area contributed by atoms with Gasteiger partial charge in [0.05, 0.1) is 12.7 Å². The van der Waals surface area contributed by atoms with Crippen molar-refractivity contribution in [3.05, 3.63) is 29.8 Å². The van der Waals surface area contributed by atoms with Crippen LogP contribution in [-0.2, 0) is 0 Å². The van der Waals surface area contributed by atoms with Crippen LogP contribution in [0.3, 0.4) is 0 Å². The topological polar surface area (TPSA) is 85.5 Å². The minimum absolute atomic E-state index is 0.0670. The molecule has 82 valence electrons. The molecule has 1 heterocycles. The van der Waals surface area contributed by atoms with Crippen molar-refractivity contribution >= 4 is 5.97 Å². The second-order valence-electron chi connectivity index (χ2n) is 2.96. The molecule has 2 rings (SSSR count). The van der Waals surface area contributed by atoms with E-state index in [4.69, 9.17) is 14.3 Å². The van der Waals surface area contributed by atoms with Gasteiger partial charge in [-0.3, -0.25) is 0 Å². The van der Waals surface area contributed by atoms with E-state index >= 15 is 0 Å². The Hall–Kier alpha value is -2.37. The summed E-state index contributed by atoms with van der Waals surface area (Å²) in [7, 11) is 1.42. The SMILES string of the molecule is COc1nnc(-c2ccc(C(=O)O)cc2)o1. The fourth-order valence-corrected chi connectivity index (χ4v) is 1.16. The predicted octanol–water partition coefficient (Wildman–Crippen LogP) is 1.44. The van der Waals surface area contributed by atoms with E-state index in [-0.39, 0.29) is 17.5 Å². The second-order valence-corrected chi connectivity index (χ2v) is 2.96. The molecule has 2 aromatic rings. The van der Waals surface area contributed by atoms with Crippen LogP contribution in [0.25, 0.3) is 11.5 Å². The van der Waals surface area contributed by atoms with Gasteiger partial charge in [0.1, 0.15) is 0 Å². The minimum Gasteiger partial charge on any atom is -0.478 e. The number of benzene rings is 1. The van der Waals surface area contributed by atoms with Gasteiger partial charge in [-0.05, 0) is 24.3 Å². The fraction of sp³-hybridized carbons (Fsp3) is 0.100. The van der Waals surface area contributed by atoms with E-state index in [1.165, 1.54) is 19.2 Å². The lowest BCUT2D eigenvalue weighted by atomic mass is 10.1. The molecule has 6 nitrogen and oxygen atoms in total. The first-order valence-corrected chi connectivity index (χ1v) is 4.42. The predicted molar refractivity (Wildman–Crippen MR) is 53.2 cm³/mol. The Morgan fingerprint density at radius 3 is 2.50 bits per heavy atom. The van der Waals surface area contributed by atoms with E-state index in [2.05, 4.69) is 10.2 Å². The van der Waals surface area contributed by atoms with Gasteiger partial charge in [0, 0.05) is 5.56 Å². The van der Waals surface area contributed by atoms with Gasteiger partial charge in [-0.25, -0.2) is 4.79 Å². The zero-order chi connectivity index (χ0) is 11.5. The van der Waals surface area contributed by atoms with Crippen molar-refractivity contribution in [2.24, 2.45) is 0 Å². The molecule has 6 heteroatoms. The normalized spacial score (nSPS) is 10.1. The highest BCUT2D eigenvalue weighted by Gasteiger charge is 2.09. The summed E-state index contributed by atoms with van der Waals surface area (Å²) < 4.78 is 9.87. The number of carboxylic acids is 1. The molecular weight excluding hydrogens is 212 g/mol. The molecule has 0 bridgehead atoms. The van der Waals surface area contributed by atoms with Crippen LogP contribution in [0.2, 0.25) is 0 Å². The van der Waals surface area contributed by atoms with Crippen molar-refractivity contribution in [1.29, 1.82) is 0 Å². The highest BCUT2D eigenvalue weighted by molar-refractivity contribution is 5.88. The highest BCUT2D eigenvalue weighted by atomic mass is 16.6. The molecule has 0 atom stereocenters. The molecule has 0 aliphatic carbocycles. The minimum atomic E-state index is -0.977. The Kier molecular flexibility index (Phi) is 2.55. The van der Waals surface area contributed by atoms with Crippen LogP contribution in [0.15, 0.2) is 28.7 Å². The lowest BCUT2D eigenvalue weighted by Crippen LogP contribution is -1.94. The Balaban J connectivity index is 2.30. The quantitative estimate of drug-likeness (QED) is 0.842. The summed E-state index contributed by atoms with van der Waals surface area (Å²) >= 11 is 0. The third kappa shape index (κ3) is 1.85. The molecule has 0 radical (unpaired) electrons. The molecule has 16 heavy (non-hydrogen) atoms. The van der Waals surface area contributed by atoms with Crippen molar-refractivity contribution < 1.29 is 19.1 Å². The maximum atomic E-state index is 10.6. The van der Waals surface area contributed by atoms with Crippen molar-refractivity contribution in [1.82, 2.24) is 10.2 Å². The summed E-state index contributed by atoms with van der Waals surface area (Å²) in [5.74, 6) is -0.691. The molecule has 0 spiro atoms. The number of aromatic carboxylic acids is 1. The number of aromatic nitrogens is 2. The number of rotatable bonds is 3. The van der Waals surface area contributed by atoms with E-state index in [0.29, 0.717) is 5.56 Å². The zero-order valence-electron chi connectivity index (χ0n) is 8.38. The first kappa shape index (κ1) is 10.2. The third-order valence-electron chi connectivity index (χ3n) is 1.96. The molecule has 1 aromatic carbocycles. The maximum absolute atomic E-state index is 10.6. The molecule has 0 saturated carbocycles. The summed E-state index contributed by atoms with van der Waals surface area (Å²) in [6.07, 6.45) is 0.0670. The fourth-order valence-electron chi connectivity index (χ4n) is 1.16. The number of methoxy groups -OCH3 is 1. The van der Waals surface area contributed by atoms with E-state index in [9.17, 15) is 4.79 Å². The van der Waals surface area contributed by atoms with Crippen molar-refractivity contribution in [2.75, 3.05) is 7.11 Å². The Labute approximate surface area is 90.5 Å². The average Bonchev–Trinajstić information content (AvgIpc) is 2.77. The lowest BCUT2D eigenvalue weighted by Gasteiger charge is -1.96. The number of hydrogen-bond acceptors (Lipinski definition) is 5. The molecule has 0 fully saturated rings. The number of nitrogens with zero attached hydrogens (tertiary/aromatic N) is 2. The smallest absolute Gasteiger partial charge is 0.414 e. The Morgan fingerprint density at radius 2 is 2.00 bits per heavy atom. The van der Waals surface area contributed by atoms with Crippen LogP contribution in [0.5, 0.6) is 6.08 Å². The van der Waals surface area contributed by atoms with Gasteiger partial charge >= 0.3 is 12.0 Å². The molecule has 0 amide bonds. The van der Waals surface area contributed by atoms with Crippen LogP contribution < -0.4 is 4.74 Å². The number of hydrogen-bond donors (Lipinski definition) is 1. The van der Waals surface area contributed by atoms with Crippen LogP contribution in [0.4, 0.5) is 0 Å². The molecule has 1 aromatic heterocycles. The summed E-state index contributed by atoms with van der Waals surface area (Å²) in [5, 5.41) is 16.1. The van der Waals surface area contributed by atoms with Gasteiger partial charge in [-0.2, -0.15) is 0 Å². The van der Waals surface area contributed by atoms with Crippen LogP contribution in [-0.4, -0.2) is 28.4 Å². The first-order valence-electron chi connectivity index (χ1n) is 4.42. The summed E-state index contributed by atoms with van der Waals surface area (Å²) in [6, 6.07) is 6.12. The maximum Gasteiger partial charge on any atom is 0.414 e. The molecule has 0 aliphatic heterocycles. The molecule has 0 aliphatic rings. The van der Waals surface area contributed by atoms with E-state index in [1.54, 1.807) is 12.1 Å². The van der Waals surface area contributed by atoms with Gasteiger partial charge in [0.25, 0.3) is 5.89 Å². The summed E-state index contributed by atoms with van der Waals surface area (Å²) in [6.45, 7) is 0. The van der Waals surface area contributed by atoms with E-state index in [1.807, 2.05) is 0 Å². The number of carboxylic acid groups (broad SMARTS) is 1. The average molecular weight is 220 g/mol. The molecule has 0 unspecified atom stereocenters. The van der Waals surface area contributed by atoms with Crippen LogP contribution >= 0.6 is 0 Å². The Bertz CT molecular complexity index is 504. The van der Waals surface area contributed by atoms with Crippen LogP contribution in [0, 0.1) is 0 Å². The highest BCUT2D eigenvalue weighted by Crippen LogP contribution is 2.20. The zero-order valence-corrected chi connectivity index (χ0v) is 8.38. The summed E-state index contributed by atoms with van der Waals surface area (Å²) in [4.78, 5) is 10.6. The van der Waals surface area contributed by atoms with Gasteiger partial charge < -0.3 is 14.3 Å². The van der Waals surface area contributed by atoms with Gasteiger partial charge in [-0.1, -0.05) is 5.10 Å². The third-order valence-corrected chi connectivity index (χ3v) is 1.96. The monoisotopic (exact) mass is 220 g/mol. The number of carbonyl (C=O) groups is 1. The van der Waals surface area contributed by atoms with Gasteiger partial charge in [0.15, 0.2) is 0 Å². The second kappa shape index (κ2) is 4.01. The van der Waals surface area contributed by atoms with E-state index in [0.717, 1.165) is 0 Å². The van der Waals surface area contributed by atoms with Crippen LogP contribution in [0.1, 0.15) is 10.4 Å². The molecule has 1 N–H and O–H groups in total. The van der Waals surface area contributed by atoms with Gasteiger partial charge in [-0.15, -0.1) is 5.10 Å². The Morgan fingerprint density at radius 1 is 1.31 bits per heavy atom. The summed E-state index contributed by atoms with van der Waals surface area (Å²) in [5.41, 5.74) is 0.844. The molecule has 0 saturated heterocycles. The van der Waals surface area contributed by atoms with E-state index < -0.39 is 5.97 Å². The van der Waals surface area contributed by atoms with Crippen molar-refractivity contribution in [3.63, 3.8) is 0 Å².